The van der Waals surface area contributed by atoms with Crippen LogP contribution in [0.5, 0.6) is 0 Å². The number of esters is 1. The van der Waals surface area contributed by atoms with E-state index in [1.165, 1.54) is 6.92 Å². The van der Waals surface area contributed by atoms with Gasteiger partial charge in [-0.05, 0) is 31.9 Å². The number of hydrogen-bond acceptors (Lipinski definition) is 5. The van der Waals surface area contributed by atoms with E-state index in [-0.39, 0.29) is 0 Å². The van der Waals surface area contributed by atoms with E-state index in [1.54, 1.807) is 12.2 Å². The van der Waals surface area contributed by atoms with Gasteiger partial charge in [-0.3, -0.25) is 24.1 Å². The van der Waals surface area contributed by atoms with E-state index < -0.39 is 71.3 Å². The zero-order chi connectivity index (χ0) is 21.3. The summed E-state index contributed by atoms with van der Waals surface area (Å²) in [5, 5.41) is 1.98. The molecule has 1 aliphatic carbocycles. The number of benzene rings is 1. The van der Waals surface area contributed by atoms with Gasteiger partial charge in [0.2, 0.25) is 11.8 Å². The largest absolute Gasteiger partial charge is 0.451 e. The van der Waals surface area contributed by atoms with Gasteiger partial charge in [-0.25, -0.2) is 13.2 Å². The topological polar surface area (TPSA) is 92.8 Å². The second-order valence-corrected chi connectivity index (χ2v) is 6.76. The number of ether oxygens (including phenoxy) is 1. The fourth-order valence-corrected chi connectivity index (χ4v) is 3.30. The summed E-state index contributed by atoms with van der Waals surface area (Å²) in [7, 11) is 0. The molecule has 0 saturated carbocycles. The number of imide groups is 1. The number of halogens is 3. The summed E-state index contributed by atoms with van der Waals surface area (Å²) in [5.74, 6) is -8.72. The lowest BCUT2D eigenvalue weighted by atomic mass is 9.85. The van der Waals surface area contributed by atoms with Crippen molar-refractivity contribution in [2.24, 2.45) is 11.8 Å². The van der Waals surface area contributed by atoms with Gasteiger partial charge >= 0.3 is 5.97 Å². The Morgan fingerprint density at radius 3 is 2.28 bits per heavy atom. The van der Waals surface area contributed by atoms with E-state index in [9.17, 15) is 32.3 Å². The molecule has 7 nitrogen and oxygen atoms in total. The molecule has 1 aromatic rings. The van der Waals surface area contributed by atoms with Gasteiger partial charge in [0.25, 0.3) is 5.91 Å². The number of amides is 3. The van der Waals surface area contributed by atoms with Gasteiger partial charge in [-0.2, -0.15) is 0 Å². The molecule has 0 aromatic heterocycles. The third-order valence-corrected chi connectivity index (χ3v) is 4.86. The predicted octanol–water partition coefficient (Wildman–Crippen LogP) is 1.93. The molecule has 1 aliphatic heterocycles. The molecule has 3 rings (SSSR count). The van der Waals surface area contributed by atoms with E-state index in [0.717, 1.165) is 11.0 Å². The average Bonchev–Trinajstić information content (AvgIpc) is 2.93. The molecule has 10 heteroatoms. The highest BCUT2D eigenvalue weighted by atomic mass is 19.2. The first-order valence-corrected chi connectivity index (χ1v) is 8.84. The lowest BCUT2D eigenvalue weighted by Crippen LogP contribution is -2.39. The summed E-state index contributed by atoms with van der Waals surface area (Å²) in [6.07, 6.45) is 3.00. The minimum Gasteiger partial charge on any atom is -0.451 e. The molecule has 29 heavy (non-hydrogen) atoms. The number of nitrogens with one attached hydrogen (secondary N) is 1. The van der Waals surface area contributed by atoms with Crippen molar-refractivity contribution in [2.45, 2.75) is 25.9 Å². The quantitative estimate of drug-likeness (QED) is 0.347. The van der Waals surface area contributed by atoms with Crippen molar-refractivity contribution in [3.8, 4) is 0 Å². The minimum absolute atomic E-state index is 0.416. The Hall–Kier alpha value is -3.17. The van der Waals surface area contributed by atoms with Gasteiger partial charge in [0.1, 0.15) is 6.54 Å². The van der Waals surface area contributed by atoms with Gasteiger partial charge in [0.15, 0.2) is 23.6 Å². The van der Waals surface area contributed by atoms with E-state index in [2.05, 4.69) is 0 Å². The Bertz CT molecular complexity index is 891. The van der Waals surface area contributed by atoms with E-state index in [4.69, 9.17) is 4.74 Å². The van der Waals surface area contributed by atoms with Crippen LogP contribution in [-0.2, 0) is 23.9 Å². The number of hydrogen-bond donors (Lipinski definition) is 1. The Balaban J connectivity index is 1.58. The lowest BCUT2D eigenvalue weighted by Gasteiger charge is -2.17. The lowest BCUT2D eigenvalue weighted by molar-refractivity contribution is -0.158. The fraction of sp³-hybridized carbons (Fsp3) is 0.368. The van der Waals surface area contributed by atoms with E-state index in [1.807, 2.05) is 5.32 Å². The summed E-state index contributed by atoms with van der Waals surface area (Å²) in [4.78, 5) is 49.6. The zero-order valence-electron chi connectivity index (χ0n) is 15.3. The highest BCUT2D eigenvalue weighted by molar-refractivity contribution is 6.07. The van der Waals surface area contributed by atoms with Crippen molar-refractivity contribution in [3.05, 3.63) is 41.7 Å². The third kappa shape index (κ3) is 4.01. The minimum atomic E-state index is -1.76. The predicted molar refractivity (Wildman–Crippen MR) is 92.6 cm³/mol. The number of allylic oxidation sites excluding steroid dienone is 2. The second-order valence-electron chi connectivity index (χ2n) is 6.76. The van der Waals surface area contributed by atoms with Crippen LogP contribution in [0, 0.1) is 29.3 Å². The number of likely N-dealkylation sites (tertiary alicyclic amines) is 1. The van der Waals surface area contributed by atoms with Crippen molar-refractivity contribution in [3.63, 3.8) is 0 Å². The molecule has 2 aliphatic rings. The first kappa shape index (κ1) is 20.6. The van der Waals surface area contributed by atoms with Crippen molar-refractivity contribution in [1.82, 2.24) is 4.90 Å². The number of rotatable bonds is 5. The van der Waals surface area contributed by atoms with Crippen LogP contribution >= 0.6 is 0 Å². The molecule has 3 amide bonds. The smallest absolute Gasteiger partial charge is 0.326 e. The standard InChI is InChI=1S/C19H17F3N2O5/c1-9(17(26)23-13-7-6-12(20)15(21)16(13)22)29-14(25)8-24-18(27)10-4-2-3-5-11(10)19(24)28/h2-3,6-7,9-11H,4-5,8H2,1H3,(H,23,26)/t9-,10-,11-/m0/s1. The molecule has 0 spiro atoms. The van der Waals surface area contributed by atoms with Crippen LogP contribution in [0.25, 0.3) is 0 Å². The molecule has 0 radical (unpaired) electrons. The molecule has 1 heterocycles. The van der Waals surface area contributed by atoms with Gasteiger partial charge in [0, 0.05) is 0 Å². The van der Waals surface area contributed by atoms with Crippen LogP contribution in [-0.4, -0.2) is 41.2 Å². The molecule has 0 bridgehead atoms. The van der Waals surface area contributed by atoms with Crippen LogP contribution in [0.3, 0.4) is 0 Å². The normalized spacial score (nSPS) is 21.7. The fourth-order valence-electron chi connectivity index (χ4n) is 3.30. The third-order valence-electron chi connectivity index (χ3n) is 4.86. The molecule has 0 unspecified atom stereocenters. The SMILES string of the molecule is C[C@H](OC(=O)CN1C(=O)[C@H]2CC=CC[C@@H]2C1=O)C(=O)Nc1ccc(F)c(F)c1F. The van der Waals surface area contributed by atoms with Crippen LogP contribution < -0.4 is 5.32 Å². The highest BCUT2D eigenvalue weighted by Crippen LogP contribution is 2.34. The number of carbonyl (C=O) groups excluding carboxylic acids is 4. The number of fused-ring (bicyclic) bond motifs is 1. The van der Waals surface area contributed by atoms with Gasteiger partial charge in [-0.1, -0.05) is 12.2 Å². The highest BCUT2D eigenvalue weighted by Gasteiger charge is 2.47. The maximum absolute atomic E-state index is 13.6. The molecule has 1 aromatic carbocycles. The number of nitrogens with zero attached hydrogens (tertiary/aromatic N) is 1. The molecular weight excluding hydrogens is 393 g/mol. The Labute approximate surface area is 163 Å². The van der Waals surface area contributed by atoms with Crippen LogP contribution in [0.2, 0.25) is 0 Å². The Morgan fingerprint density at radius 1 is 1.10 bits per heavy atom. The Morgan fingerprint density at radius 2 is 1.69 bits per heavy atom. The summed E-state index contributed by atoms with van der Waals surface area (Å²) in [6.45, 7) is 0.518. The van der Waals surface area contributed by atoms with Gasteiger partial charge < -0.3 is 10.1 Å². The zero-order valence-corrected chi connectivity index (χ0v) is 15.3. The number of carbonyl (C=O) groups is 4. The van der Waals surface area contributed by atoms with Crippen molar-refractivity contribution < 1.29 is 37.1 Å². The van der Waals surface area contributed by atoms with Crippen LogP contribution in [0.15, 0.2) is 24.3 Å². The maximum Gasteiger partial charge on any atom is 0.326 e. The summed E-state index contributed by atoms with van der Waals surface area (Å²) in [5.41, 5.74) is -0.627. The summed E-state index contributed by atoms with van der Waals surface area (Å²) >= 11 is 0. The van der Waals surface area contributed by atoms with E-state index >= 15 is 0 Å². The van der Waals surface area contributed by atoms with Gasteiger partial charge in [0.05, 0.1) is 17.5 Å². The van der Waals surface area contributed by atoms with Crippen LogP contribution in [0.4, 0.5) is 18.9 Å². The van der Waals surface area contributed by atoms with Crippen molar-refractivity contribution in [1.29, 1.82) is 0 Å². The van der Waals surface area contributed by atoms with Crippen molar-refractivity contribution in [2.75, 3.05) is 11.9 Å². The van der Waals surface area contributed by atoms with Crippen LogP contribution in [0.1, 0.15) is 19.8 Å². The molecule has 1 saturated heterocycles. The van der Waals surface area contributed by atoms with Crippen molar-refractivity contribution >= 4 is 29.4 Å². The maximum atomic E-state index is 13.6. The molecule has 3 atom stereocenters. The van der Waals surface area contributed by atoms with E-state index in [0.29, 0.717) is 18.9 Å². The second kappa shape index (κ2) is 8.06. The first-order chi connectivity index (χ1) is 13.7. The first-order valence-electron chi connectivity index (χ1n) is 8.84. The molecule has 1 N–H and O–H groups in total. The summed E-state index contributed by atoms with van der Waals surface area (Å²) < 4.78 is 44.7. The monoisotopic (exact) mass is 410 g/mol. The van der Waals surface area contributed by atoms with Gasteiger partial charge in [-0.15, -0.1) is 0 Å². The molecule has 154 valence electrons. The Kier molecular flexibility index (Phi) is 5.71. The summed E-state index contributed by atoms with van der Waals surface area (Å²) in [6, 6.07) is 1.45. The molecule has 1 fully saturated rings. The molecular formula is C19H17F3N2O5. The average molecular weight is 410 g/mol. The number of anilines is 1.